The molecule has 1 atom stereocenters. The highest BCUT2D eigenvalue weighted by molar-refractivity contribution is 5.72. The molecule has 25 heavy (non-hydrogen) atoms. The number of nitro groups is 1. The molecule has 0 radical (unpaired) electrons. The molecule has 0 bridgehead atoms. The van der Waals surface area contributed by atoms with Gasteiger partial charge in [-0.25, -0.2) is 0 Å². The molecule has 1 unspecified atom stereocenters. The lowest BCUT2D eigenvalue weighted by Crippen LogP contribution is -2.25. The quantitative estimate of drug-likeness (QED) is 0.243. The number of nitrogens with zero attached hydrogens (tertiary/aromatic N) is 3. The van der Waals surface area contributed by atoms with Crippen LogP contribution in [0.15, 0.2) is 24.3 Å². The maximum absolute atomic E-state index is 11.6. The first-order chi connectivity index (χ1) is 11.8. The zero-order valence-corrected chi connectivity index (χ0v) is 12.6. The number of hydrogen-bond acceptors (Lipinski definition) is 10. The minimum absolute atomic E-state index is 0.0514. The van der Waals surface area contributed by atoms with Crippen LogP contribution in [0, 0.1) is 30.3 Å². The number of carbonyl (C=O) groups is 1. The lowest BCUT2D eigenvalue weighted by atomic mass is 10.1. The van der Waals surface area contributed by atoms with E-state index >= 15 is 0 Å². The van der Waals surface area contributed by atoms with Crippen LogP contribution in [0.4, 0.5) is 5.69 Å². The zero-order chi connectivity index (χ0) is 18.8. The fourth-order valence-corrected chi connectivity index (χ4v) is 1.72. The van der Waals surface area contributed by atoms with Crippen molar-refractivity contribution >= 4 is 11.7 Å². The van der Waals surface area contributed by atoms with E-state index in [1.54, 1.807) is 0 Å². The third-order valence-electron chi connectivity index (χ3n) is 2.79. The Balaban J connectivity index is 2.41. The lowest BCUT2D eigenvalue weighted by Gasteiger charge is -2.13. The van der Waals surface area contributed by atoms with Gasteiger partial charge in [0.1, 0.15) is 18.5 Å². The first-order valence-electron chi connectivity index (χ1n) is 6.81. The largest absolute Gasteiger partial charge is 0.427 e. The molecule has 0 saturated carbocycles. The summed E-state index contributed by atoms with van der Waals surface area (Å²) in [6.07, 6.45) is -1.31. The summed E-state index contributed by atoms with van der Waals surface area (Å²) in [7, 11) is 0. The van der Waals surface area contributed by atoms with Crippen molar-refractivity contribution in [2.24, 2.45) is 0 Å². The predicted molar refractivity (Wildman–Crippen MR) is 77.4 cm³/mol. The van der Waals surface area contributed by atoms with Gasteiger partial charge in [0, 0.05) is 18.6 Å². The Bertz CT molecular complexity index is 633. The summed E-state index contributed by atoms with van der Waals surface area (Å²) in [5.74, 6) is -0.575. The fourth-order valence-electron chi connectivity index (χ4n) is 1.72. The van der Waals surface area contributed by atoms with E-state index in [2.05, 4.69) is 9.68 Å². The number of esters is 1. The summed E-state index contributed by atoms with van der Waals surface area (Å²) in [6.45, 7) is -0.647. The van der Waals surface area contributed by atoms with Gasteiger partial charge in [-0.3, -0.25) is 14.9 Å². The SMILES string of the molecule is O=C(CCCC(CO[N+](=O)[O-])O[N+](=O)[O-])Oc1ccc([N+](=O)[O-])cc1. The second-order valence-corrected chi connectivity index (χ2v) is 4.59. The van der Waals surface area contributed by atoms with Crippen LogP contribution in [0.2, 0.25) is 0 Å². The van der Waals surface area contributed by atoms with Gasteiger partial charge in [-0.05, 0) is 25.0 Å². The molecule has 0 saturated heterocycles. The number of carbonyl (C=O) groups excluding carboxylic acids is 1. The van der Waals surface area contributed by atoms with Crippen LogP contribution < -0.4 is 4.74 Å². The molecule has 1 aromatic rings. The normalized spacial score (nSPS) is 11.2. The van der Waals surface area contributed by atoms with Crippen molar-refractivity contribution in [2.45, 2.75) is 25.4 Å². The van der Waals surface area contributed by atoms with Crippen molar-refractivity contribution in [3.8, 4) is 5.75 Å². The molecule has 0 N–H and O–H groups in total. The van der Waals surface area contributed by atoms with Crippen molar-refractivity contribution in [3.05, 3.63) is 54.6 Å². The van der Waals surface area contributed by atoms with E-state index in [-0.39, 0.29) is 30.7 Å². The van der Waals surface area contributed by atoms with Gasteiger partial charge >= 0.3 is 5.97 Å². The number of benzene rings is 1. The third kappa shape index (κ3) is 8.06. The molecule has 0 heterocycles. The summed E-state index contributed by atoms with van der Waals surface area (Å²) in [4.78, 5) is 50.1. The first-order valence-corrected chi connectivity index (χ1v) is 6.81. The third-order valence-corrected chi connectivity index (χ3v) is 2.79. The van der Waals surface area contributed by atoms with E-state index in [9.17, 15) is 35.1 Å². The summed E-state index contributed by atoms with van der Waals surface area (Å²) in [6, 6.07) is 4.83. The molecule has 1 aromatic carbocycles. The highest BCUT2D eigenvalue weighted by Gasteiger charge is 2.17. The Morgan fingerprint density at radius 3 is 2.20 bits per heavy atom. The molecule has 0 aromatic heterocycles. The van der Waals surface area contributed by atoms with Gasteiger partial charge in [0.05, 0.1) is 4.92 Å². The number of hydrogen-bond donors (Lipinski definition) is 0. The van der Waals surface area contributed by atoms with Gasteiger partial charge in [0.25, 0.3) is 15.9 Å². The average Bonchev–Trinajstić information content (AvgIpc) is 2.52. The molecule has 13 nitrogen and oxygen atoms in total. The highest BCUT2D eigenvalue weighted by Crippen LogP contribution is 2.18. The van der Waals surface area contributed by atoms with Gasteiger partial charge in [-0.1, -0.05) is 0 Å². The van der Waals surface area contributed by atoms with Crippen molar-refractivity contribution in [1.82, 2.24) is 0 Å². The summed E-state index contributed by atoms with van der Waals surface area (Å²) >= 11 is 0. The van der Waals surface area contributed by atoms with Crippen LogP contribution in [0.1, 0.15) is 19.3 Å². The predicted octanol–water partition coefficient (Wildman–Crippen LogP) is 1.46. The van der Waals surface area contributed by atoms with E-state index in [1.165, 1.54) is 24.3 Å². The van der Waals surface area contributed by atoms with Crippen LogP contribution in [0.5, 0.6) is 5.75 Å². The smallest absolute Gasteiger partial charge is 0.311 e. The van der Waals surface area contributed by atoms with Crippen LogP contribution in [-0.2, 0) is 14.5 Å². The van der Waals surface area contributed by atoms with Crippen molar-refractivity contribution < 1.29 is 34.3 Å². The highest BCUT2D eigenvalue weighted by atomic mass is 17.0. The van der Waals surface area contributed by atoms with Crippen LogP contribution in [0.25, 0.3) is 0 Å². The summed E-state index contributed by atoms with van der Waals surface area (Å²) in [5, 5.41) is 28.6. The summed E-state index contributed by atoms with van der Waals surface area (Å²) < 4.78 is 4.93. The number of nitro benzene ring substituents is 1. The molecule has 0 aliphatic carbocycles. The van der Waals surface area contributed by atoms with Crippen molar-refractivity contribution in [3.63, 3.8) is 0 Å². The number of ether oxygens (including phenoxy) is 1. The van der Waals surface area contributed by atoms with Gasteiger partial charge < -0.3 is 14.4 Å². The van der Waals surface area contributed by atoms with Crippen LogP contribution in [-0.4, -0.2) is 33.8 Å². The molecule has 0 aliphatic rings. The van der Waals surface area contributed by atoms with Crippen LogP contribution in [0.3, 0.4) is 0 Å². The Hall–Kier alpha value is -3.51. The van der Waals surface area contributed by atoms with Crippen molar-refractivity contribution in [2.75, 3.05) is 6.61 Å². The van der Waals surface area contributed by atoms with E-state index in [0.29, 0.717) is 0 Å². The number of non-ortho nitro benzene ring substituents is 1. The Labute approximate surface area is 139 Å². The van der Waals surface area contributed by atoms with Gasteiger partial charge in [-0.15, -0.1) is 20.2 Å². The lowest BCUT2D eigenvalue weighted by molar-refractivity contribution is -0.790. The molecular weight excluding hydrogens is 346 g/mol. The Morgan fingerprint density at radius 2 is 1.68 bits per heavy atom. The molecule has 0 amide bonds. The molecular formula is C12H13N3O10. The first kappa shape index (κ1) is 19.5. The van der Waals surface area contributed by atoms with E-state index < -0.39 is 33.8 Å². The minimum Gasteiger partial charge on any atom is -0.427 e. The fraction of sp³-hybridized carbons (Fsp3) is 0.417. The molecule has 136 valence electrons. The Kier molecular flexibility index (Phi) is 7.49. The second kappa shape index (κ2) is 9.59. The zero-order valence-electron chi connectivity index (χ0n) is 12.6. The molecule has 0 fully saturated rings. The van der Waals surface area contributed by atoms with Crippen molar-refractivity contribution in [1.29, 1.82) is 0 Å². The topological polar surface area (TPSA) is 174 Å². The number of rotatable bonds is 11. The molecule has 0 aliphatic heterocycles. The van der Waals surface area contributed by atoms with E-state index in [4.69, 9.17) is 4.74 Å². The maximum Gasteiger partial charge on any atom is 0.311 e. The van der Waals surface area contributed by atoms with Gasteiger partial charge in [0.2, 0.25) is 0 Å². The maximum atomic E-state index is 11.6. The standard InChI is InChI=1S/C12H13N3O10/c16-12(24-10-6-4-9(5-7-10)13(17)18)3-1-2-11(25-15(21)22)8-23-14(19)20/h4-7,11H,1-3,8H2. The molecule has 0 spiro atoms. The van der Waals surface area contributed by atoms with Gasteiger partial charge in [0.15, 0.2) is 0 Å². The summed E-state index contributed by atoms with van der Waals surface area (Å²) in [5.41, 5.74) is -0.162. The van der Waals surface area contributed by atoms with E-state index in [0.717, 1.165) is 0 Å². The van der Waals surface area contributed by atoms with Crippen LogP contribution >= 0.6 is 0 Å². The molecule has 13 heteroatoms. The second-order valence-electron chi connectivity index (χ2n) is 4.59. The monoisotopic (exact) mass is 359 g/mol. The molecule has 1 rings (SSSR count). The van der Waals surface area contributed by atoms with E-state index in [1.807, 2.05) is 0 Å². The Morgan fingerprint density at radius 1 is 1.04 bits per heavy atom. The average molecular weight is 359 g/mol. The van der Waals surface area contributed by atoms with Gasteiger partial charge in [-0.2, -0.15) is 0 Å². The minimum atomic E-state index is -1.20.